The maximum absolute atomic E-state index is 13.1. The van der Waals surface area contributed by atoms with Gasteiger partial charge in [-0.15, -0.1) is 0 Å². The van der Waals surface area contributed by atoms with Crippen molar-refractivity contribution in [2.24, 2.45) is 0 Å². The van der Waals surface area contributed by atoms with Crippen LogP contribution in [0.2, 0.25) is 0 Å². The number of hydrogen-bond donors (Lipinski definition) is 2. The summed E-state index contributed by atoms with van der Waals surface area (Å²) in [5.41, 5.74) is 0.0369. The van der Waals surface area contributed by atoms with E-state index in [0.29, 0.717) is 36.1 Å². The third kappa shape index (κ3) is 3.65. The van der Waals surface area contributed by atoms with E-state index in [-0.39, 0.29) is 6.04 Å². The monoisotopic (exact) mass is 449 g/mol. The number of nitrogens with zero attached hydrogens (tertiary/aromatic N) is 1. The number of rotatable bonds is 5. The van der Waals surface area contributed by atoms with E-state index < -0.39 is 29.9 Å². The fraction of sp³-hybridized carbons (Fsp3) is 0.292. The highest BCUT2D eigenvalue weighted by Gasteiger charge is 2.51. The minimum atomic E-state index is -1.39. The first-order chi connectivity index (χ1) is 15.8. The van der Waals surface area contributed by atoms with Crippen molar-refractivity contribution in [3.8, 4) is 11.5 Å². The van der Waals surface area contributed by atoms with Crippen molar-refractivity contribution in [1.29, 1.82) is 0 Å². The number of benzene rings is 2. The molecule has 0 unspecified atom stereocenters. The highest BCUT2D eigenvalue weighted by atomic mass is 16.6. The van der Waals surface area contributed by atoms with E-state index in [9.17, 15) is 14.4 Å². The van der Waals surface area contributed by atoms with Gasteiger partial charge in [-0.2, -0.15) is 0 Å². The van der Waals surface area contributed by atoms with Gasteiger partial charge in [0.2, 0.25) is 5.91 Å². The van der Waals surface area contributed by atoms with Crippen LogP contribution in [-0.2, 0) is 15.1 Å². The van der Waals surface area contributed by atoms with Crippen LogP contribution in [0.5, 0.6) is 11.5 Å². The van der Waals surface area contributed by atoms with Gasteiger partial charge in [0.25, 0.3) is 5.91 Å². The van der Waals surface area contributed by atoms with Gasteiger partial charge in [0.15, 0.2) is 17.0 Å². The molecule has 170 valence electrons. The molecule has 3 aromatic rings. The Morgan fingerprint density at radius 1 is 1.12 bits per heavy atom. The Hall–Kier alpha value is -4.01. The lowest BCUT2D eigenvalue weighted by molar-refractivity contribution is -0.135. The molecule has 0 radical (unpaired) electrons. The number of hydrogen-bond acceptors (Lipinski definition) is 6. The van der Waals surface area contributed by atoms with Crippen LogP contribution in [0.4, 0.5) is 4.79 Å². The summed E-state index contributed by atoms with van der Waals surface area (Å²) in [6.45, 7) is 3.94. The number of imide groups is 1. The van der Waals surface area contributed by atoms with Gasteiger partial charge in [-0.25, -0.2) is 4.79 Å². The molecule has 5 rings (SSSR count). The Morgan fingerprint density at radius 2 is 1.88 bits per heavy atom. The maximum atomic E-state index is 13.1. The largest absolute Gasteiger partial charge is 0.486 e. The highest BCUT2D eigenvalue weighted by molar-refractivity contribution is 6.09. The van der Waals surface area contributed by atoms with Crippen molar-refractivity contribution < 1.29 is 28.3 Å². The minimum absolute atomic E-state index is 0.314. The van der Waals surface area contributed by atoms with Crippen LogP contribution in [0.3, 0.4) is 0 Å². The Bertz CT molecular complexity index is 1240. The average Bonchev–Trinajstić information content (AvgIpc) is 3.34. The summed E-state index contributed by atoms with van der Waals surface area (Å²) in [4.78, 5) is 39.3. The van der Waals surface area contributed by atoms with Crippen molar-refractivity contribution in [2.75, 3.05) is 19.8 Å². The molecule has 2 atom stereocenters. The summed E-state index contributed by atoms with van der Waals surface area (Å²) in [5.74, 6) is 0.585. The summed E-state index contributed by atoms with van der Waals surface area (Å²) in [6.07, 6.45) is 0. The molecule has 4 amide bonds. The molecule has 9 heteroatoms. The molecule has 33 heavy (non-hydrogen) atoms. The molecular formula is C24H23N3O6. The van der Waals surface area contributed by atoms with E-state index >= 15 is 0 Å². The summed E-state index contributed by atoms with van der Waals surface area (Å²) >= 11 is 0. The van der Waals surface area contributed by atoms with Gasteiger partial charge in [0, 0.05) is 5.39 Å². The van der Waals surface area contributed by atoms with Crippen molar-refractivity contribution >= 4 is 28.8 Å². The maximum Gasteiger partial charge on any atom is 0.325 e. The molecule has 0 bridgehead atoms. The van der Waals surface area contributed by atoms with Crippen LogP contribution in [-0.4, -0.2) is 42.5 Å². The topological polar surface area (TPSA) is 110 Å². The van der Waals surface area contributed by atoms with Crippen molar-refractivity contribution in [2.45, 2.75) is 25.4 Å². The molecule has 0 saturated carbocycles. The van der Waals surface area contributed by atoms with E-state index in [4.69, 9.17) is 13.9 Å². The normalized spacial score (nSPS) is 20.6. The molecule has 1 saturated heterocycles. The molecule has 2 aromatic carbocycles. The second kappa shape index (κ2) is 7.84. The number of fused-ring (bicyclic) bond motifs is 2. The number of carbonyl (C=O) groups excluding carboxylic acids is 3. The lowest BCUT2D eigenvalue weighted by Gasteiger charge is -2.22. The van der Waals surface area contributed by atoms with Crippen LogP contribution in [0.15, 0.2) is 52.9 Å². The minimum Gasteiger partial charge on any atom is -0.486 e. The number of ether oxygens (including phenoxy) is 2. The number of amides is 4. The third-order valence-electron chi connectivity index (χ3n) is 5.94. The number of urea groups is 1. The zero-order valence-electron chi connectivity index (χ0n) is 18.2. The van der Waals surface area contributed by atoms with E-state index in [1.807, 2.05) is 37.3 Å². The van der Waals surface area contributed by atoms with Gasteiger partial charge in [0.05, 0.1) is 6.04 Å². The molecule has 1 fully saturated rings. The van der Waals surface area contributed by atoms with E-state index in [1.54, 1.807) is 25.1 Å². The lowest BCUT2D eigenvalue weighted by atomic mass is 9.99. The van der Waals surface area contributed by atoms with Gasteiger partial charge in [-0.1, -0.05) is 24.3 Å². The second-order valence-corrected chi connectivity index (χ2v) is 8.29. The van der Waals surface area contributed by atoms with Crippen LogP contribution in [0, 0.1) is 0 Å². The van der Waals surface area contributed by atoms with Gasteiger partial charge < -0.3 is 24.5 Å². The molecule has 0 spiro atoms. The molecule has 2 aliphatic rings. The van der Waals surface area contributed by atoms with E-state index in [0.717, 1.165) is 15.8 Å². The summed E-state index contributed by atoms with van der Waals surface area (Å²) in [5, 5.41) is 6.31. The Balaban J connectivity index is 1.28. The zero-order chi connectivity index (χ0) is 23.2. The highest BCUT2D eigenvalue weighted by Crippen LogP contribution is 2.34. The predicted molar refractivity (Wildman–Crippen MR) is 118 cm³/mol. The average molecular weight is 449 g/mol. The molecule has 2 aliphatic heterocycles. The van der Waals surface area contributed by atoms with Crippen LogP contribution < -0.4 is 20.1 Å². The van der Waals surface area contributed by atoms with Crippen LogP contribution in [0.1, 0.15) is 31.2 Å². The van der Waals surface area contributed by atoms with Crippen LogP contribution >= 0.6 is 0 Å². The molecule has 0 aliphatic carbocycles. The first-order valence-electron chi connectivity index (χ1n) is 10.7. The Labute approximate surface area is 189 Å². The van der Waals surface area contributed by atoms with Gasteiger partial charge in [0.1, 0.15) is 31.1 Å². The summed E-state index contributed by atoms with van der Waals surface area (Å²) in [7, 11) is 0. The van der Waals surface area contributed by atoms with Crippen molar-refractivity contribution in [3.05, 3.63) is 59.9 Å². The molecule has 2 N–H and O–H groups in total. The first-order valence-corrected chi connectivity index (χ1v) is 10.7. The summed E-state index contributed by atoms with van der Waals surface area (Å²) < 4.78 is 16.9. The van der Waals surface area contributed by atoms with E-state index in [2.05, 4.69) is 10.6 Å². The number of nitrogens with one attached hydrogen (secondary N) is 2. The third-order valence-corrected chi connectivity index (χ3v) is 5.94. The standard InChI is InChI=1S/C24H23N3O6/c1-14(15-7-8-18-19(11-15)32-10-9-31-18)25-21(28)13-27-22(29)24(2,26-23(27)30)20-12-16-5-3-4-6-17(16)33-20/h3-8,11-12,14H,9-10,13H2,1-2H3,(H,25,28)(H,26,30)/t14-,24+/m0/s1. The SMILES string of the molecule is C[C@H](NC(=O)CN1C(=O)N[C@](C)(c2cc3ccccc3o2)C1=O)c1ccc2c(c1)OCCO2. The number of carbonyl (C=O) groups is 3. The Morgan fingerprint density at radius 3 is 2.67 bits per heavy atom. The van der Waals surface area contributed by atoms with Gasteiger partial charge >= 0.3 is 6.03 Å². The van der Waals surface area contributed by atoms with Gasteiger partial charge in [-0.05, 0) is 43.7 Å². The molecule has 1 aromatic heterocycles. The first kappa shape index (κ1) is 20.9. The predicted octanol–water partition coefficient (Wildman–Crippen LogP) is 2.85. The fourth-order valence-corrected chi connectivity index (χ4v) is 4.08. The molecular weight excluding hydrogens is 426 g/mol. The second-order valence-electron chi connectivity index (χ2n) is 8.29. The summed E-state index contributed by atoms with van der Waals surface area (Å²) in [6, 6.07) is 13.5. The van der Waals surface area contributed by atoms with Crippen molar-refractivity contribution in [1.82, 2.24) is 15.5 Å². The zero-order valence-corrected chi connectivity index (χ0v) is 18.2. The number of furan rings is 1. The Kier molecular flexibility index (Phi) is 4.96. The lowest BCUT2D eigenvalue weighted by Crippen LogP contribution is -2.43. The molecule has 9 nitrogen and oxygen atoms in total. The fourth-order valence-electron chi connectivity index (χ4n) is 4.08. The van der Waals surface area contributed by atoms with E-state index in [1.165, 1.54) is 0 Å². The smallest absolute Gasteiger partial charge is 0.325 e. The quantitative estimate of drug-likeness (QED) is 0.580. The molecule has 3 heterocycles. The van der Waals surface area contributed by atoms with Crippen LogP contribution in [0.25, 0.3) is 11.0 Å². The van der Waals surface area contributed by atoms with Gasteiger partial charge in [-0.3, -0.25) is 14.5 Å². The van der Waals surface area contributed by atoms with Crippen molar-refractivity contribution in [3.63, 3.8) is 0 Å². The number of para-hydroxylation sites is 1.